The maximum atomic E-state index is 5.84. The van der Waals surface area contributed by atoms with Crippen molar-refractivity contribution >= 4 is 21.9 Å². The molecule has 1 aliphatic rings. The second-order valence-corrected chi connectivity index (χ2v) is 6.17. The Bertz CT molecular complexity index is 591. The van der Waals surface area contributed by atoms with Gasteiger partial charge in [0, 0.05) is 16.8 Å². The molecule has 1 heterocycles. The Kier molecular flexibility index (Phi) is 3.96. The molecule has 4 nitrogen and oxygen atoms in total. The molecule has 0 amide bonds. The lowest BCUT2D eigenvalue weighted by atomic mass is 10.1. The fourth-order valence-corrected chi connectivity index (χ4v) is 2.95. The predicted molar refractivity (Wildman–Crippen MR) is 82.4 cm³/mol. The first-order valence-electron chi connectivity index (χ1n) is 6.95. The van der Waals surface area contributed by atoms with Gasteiger partial charge in [0.05, 0.1) is 0 Å². The first-order chi connectivity index (χ1) is 9.70. The highest BCUT2D eigenvalue weighted by Crippen LogP contribution is 2.32. The number of benzene rings is 1. The van der Waals surface area contributed by atoms with Crippen LogP contribution >= 0.6 is 15.9 Å². The molecule has 0 radical (unpaired) electrons. The molecule has 0 bridgehead atoms. The quantitative estimate of drug-likeness (QED) is 0.934. The molecule has 1 aliphatic carbocycles. The molecule has 104 valence electrons. The lowest BCUT2D eigenvalue weighted by molar-refractivity contribution is 0.654. The van der Waals surface area contributed by atoms with E-state index in [1.165, 1.54) is 31.2 Å². The Labute approximate surface area is 127 Å². The molecule has 1 aromatic heterocycles. The zero-order valence-corrected chi connectivity index (χ0v) is 12.8. The van der Waals surface area contributed by atoms with E-state index in [9.17, 15) is 0 Å². The van der Waals surface area contributed by atoms with Crippen molar-refractivity contribution in [3.05, 3.63) is 46.0 Å². The highest BCUT2D eigenvalue weighted by Gasteiger charge is 2.21. The van der Waals surface area contributed by atoms with E-state index in [2.05, 4.69) is 43.0 Å². The van der Waals surface area contributed by atoms with E-state index in [1.54, 1.807) is 0 Å². The van der Waals surface area contributed by atoms with Crippen LogP contribution in [0.1, 0.15) is 48.8 Å². The van der Waals surface area contributed by atoms with Crippen LogP contribution in [-0.2, 0) is 6.42 Å². The van der Waals surface area contributed by atoms with Crippen molar-refractivity contribution in [2.24, 2.45) is 0 Å². The van der Waals surface area contributed by atoms with Gasteiger partial charge in [0.15, 0.2) is 0 Å². The predicted octanol–water partition coefficient (Wildman–Crippen LogP) is 3.46. The van der Waals surface area contributed by atoms with Crippen LogP contribution in [-0.4, -0.2) is 15.0 Å². The maximum Gasteiger partial charge on any atom is 0.223 e. The first kappa shape index (κ1) is 13.5. The number of anilines is 1. The summed E-state index contributed by atoms with van der Waals surface area (Å²) in [5.74, 6) is 2.45. The number of nitrogens with two attached hydrogens (primary N) is 1. The highest BCUT2D eigenvalue weighted by molar-refractivity contribution is 9.10. The number of rotatable bonds is 3. The molecule has 0 aliphatic heterocycles. The molecule has 3 rings (SSSR count). The number of nitrogens with zero attached hydrogens (tertiary/aromatic N) is 3. The summed E-state index contributed by atoms with van der Waals surface area (Å²) < 4.78 is 1.07. The Morgan fingerprint density at radius 1 is 1.05 bits per heavy atom. The van der Waals surface area contributed by atoms with Crippen molar-refractivity contribution < 1.29 is 0 Å². The van der Waals surface area contributed by atoms with Crippen molar-refractivity contribution in [3.63, 3.8) is 0 Å². The molecular formula is C15H17BrN4. The summed E-state index contributed by atoms with van der Waals surface area (Å²) in [5, 5.41) is 0. The number of halogens is 1. The minimum atomic E-state index is 0.342. The van der Waals surface area contributed by atoms with Gasteiger partial charge in [0.1, 0.15) is 11.6 Å². The molecule has 0 unspecified atom stereocenters. The summed E-state index contributed by atoms with van der Waals surface area (Å²) in [5.41, 5.74) is 7.01. The fourth-order valence-electron chi connectivity index (χ4n) is 2.69. The molecule has 1 fully saturated rings. The van der Waals surface area contributed by atoms with Crippen molar-refractivity contribution in [3.8, 4) is 0 Å². The van der Waals surface area contributed by atoms with Crippen molar-refractivity contribution in [1.29, 1.82) is 0 Å². The van der Waals surface area contributed by atoms with E-state index in [4.69, 9.17) is 5.73 Å². The molecule has 0 spiro atoms. The average Bonchev–Trinajstić information content (AvgIpc) is 2.95. The summed E-state index contributed by atoms with van der Waals surface area (Å²) in [6, 6.07) is 8.19. The van der Waals surface area contributed by atoms with Gasteiger partial charge in [-0.15, -0.1) is 0 Å². The van der Waals surface area contributed by atoms with Gasteiger partial charge in [-0.25, -0.2) is 4.98 Å². The van der Waals surface area contributed by atoms with E-state index in [0.717, 1.165) is 16.1 Å². The van der Waals surface area contributed by atoms with Crippen LogP contribution in [0.25, 0.3) is 0 Å². The van der Waals surface area contributed by atoms with Gasteiger partial charge in [-0.2, -0.15) is 9.97 Å². The van der Waals surface area contributed by atoms with E-state index in [0.29, 0.717) is 18.3 Å². The van der Waals surface area contributed by atoms with Crippen molar-refractivity contribution in [2.75, 3.05) is 5.73 Å². The summed E-state index contributed by atoms with van der Waals surface area (Å²) in [6.45, 7) is 0. The number of hydrogen-bond donors (Lipinski definition) is 1. The van der Waals surface area contributed by atoms with Crippen LogP contribution in [0, 0.1) is 0 Å². The minimum Gasteiger partial charge on any atom is -0.368 e. The van der Waals surface area contributed by atoms with Gasteiger partial charge in [-0.1, -0.05) is 40.9 Å². The molecular weight excluding hydrogens is 316 g/mol. The van der Waals surface area contributed by atoms with Gasteiger partial charge in [0.25, 0.3) is 0 Å². The molecule has 0 atom stereocenters. The van der Waals surface area contributed by atoms with Gasteiger partial charge in [0.2, 0.25) is 5.95 Å². The van der Waals surface area contributed by atoms with E-state index in [-0.39, 0.29) is 0 Å². The van der Waals surface area contributed by atoms with E-state index in [1.807, 2.05) is 12.1 Å². The zero-order chi connectivity index (χ0) is 13.9. The fraction of sp³-hybridized carbons (Fsp3) is 0.400. The number of nitrogen functional groups attached to an aromatic ring is 1. The monoisotopic (exact) mass is 332 g/mol. The molecule has 1 aromatic carbocycles. The second-order valence-electron chi connectivity index (χ2n) is 5.25. The Morgan fingerprint density at radius 2 is 1.75 bits per heavy atom. The smallest absolute Gasteiger partial charge is 0.223 e. The Morgan fingerprint density at radius 3 is 2.45 bits per heavy atom. The summed E-state index contributed by atoms with van der Waals surface area (Å²) in [7, 11) is 0. The Balaban J connectivity index is 1.83. The second kappa shape index (κ2) is 5.87. The lowest BCUT2D eigenvalue weighted by Crippen LogP contribution is -2.10. The molecule has 20 heavy (non-hydrogen) atoms. The standard InChI is InChI=1S/C15H17BrN4/c16-12-7-5-10(6-8-12)9-13-18-14(20-15(17)19-13)11-3-1-2-4-11/h5-8,11H,1-4,9H2,(H2,17,18,19,20). The van der Waals surface area contributed by atoms with E-state index < -0.39 is 0 Å². The van der Waals surface area contributed by atoms with Crippen LogP contribution in [0.5, 0.6) is 0 Å². The van der Waals surface area contributed by atoms with Gasteiger partial charge >= 0.3 is 0 Å². The third-order valence-corrected chi connectivity index (χ3v) is 4.24. The SMILES string of the molecule is Nc1nc(Cc2ccc(Br)cc2)nc(C2CCCC2)n1. The van der Waals surface area contributed by atoms with Crippen molar-refractivity contribution in [2.45, 2.75) is 38.0 Å². The zero-order valence-electron chi connectivity index (χ0n) is 11.2. The Hall–Kier alpha value is -1.49. The largest absolute Gasteiger partial charge is 0.368 e. The topological polar surface area (TPSA) is 64.7 Å². The third-order valence-electron chi connectivity index (χ3n) is 3.71. The van der Waals surface area contributed by atoms with E-state index >= 15 is 0 Å². The van der Waals surface area contributed by atoms with Gasteiger partial charge in [-0.3, -0.25) is 0 Å². The van der Waals surface area contributed by atoms with Crippen LogP contribution < -0.4 is 5.73 Å². The summed E-state index contributed by atoms with van der Waals surface area (Å²) >= 11 is 3.44. The number of hydrogen-bond acceptors (Lipinski definition) is 4. The van der Waals surface area contributed by atoms with Crippen LogP contribution in [0.2, 0.25) is 0 Å². The highest BCUT2D eigenvalue weighted by atomic mass is 79.9. The van der Waals surface area contributed by atoms with Crippen molar-refractivity contribution in [1.82, 2.24) is 15.0 Å². The third kappa shape index (κ3) is 3.15. The van der Waals surface area contributed by atoms with Gasteiger partial charge < -0.3 is 5.73 Å². The molecule has 0 saturated heterocycles. The summed E-state index contributed by atoms with van der Waals surface area (Å²) in [4.78, 5) is 13.2. The van der Waals surface area contributed by atoms with Crippen LogP contribution in [0.3, 0.4) is 0 Å². The van der Waals surface area contributed by atoms with Gasteiger partial charge in [-0.05, 0) is 30.5 Å². The maximum absolute atomic E-state index is 5.84. The molecule has 5 heteroatoms. The summed E-state index contributed by atoms with van der Waals surface area (Å²) in [6.07, 6.45) is 5.55. The normalized spacial score (nSPS) is 15.7. The molecule has 2 aromatic rings. The minimum absolute atomic E-state index is 0.342. The first-order valence-corrected chi connectivity index (χ1v) is 7.75. The number of aromatic nitrogens is 3. The molecule has 2 N–H and O–H groups in total. The average molecular weight is 333 g/mol. The molecule has 1 saturated carbocycles. The van der Waals surface area contributed by atoms with Crippen LogP contribution in [0.15, 0.2) is 28.7 Å². The van der Waals surface area contributed by atoms with Crippen LogP contribution in [0.4, 0.5) is 5.95 Å². The lowest BCUT2D eigenvalue weighted by Gasteiger charge is -2.09.